The monoisotopic (exact) mass is 1230 g/mol. The maximum Gasteiger partial charge on any atom is 0.397 e. The molecule has 0 aromatic heterocycles. The van der Waals surface area contributed by atoms with Crippen LogP contribution in [0.3, 0.4) is 0 Å². The number of aliphatic carboxylic acids is 1. The zero-order valence-corrected chi connectivity index (χ0v) is 40.7. The summed E-state index contributed by atoms with van der Waals surface area (Å²) >= 11 is -1.16. The van der Waals surface area contributed by atoms with E-state index in [0.717, 1.165) is 0 Å². The van der Waals surface area contributed by atoms with Gasteiger partial charge in [-0.3, -0.25) is 30.4 Å². The standard InChI is InChI=1S/C19H34N2O41S9/c1-4-7(20-63-57-51-24)11(47-66-60-54-27)9(5(41-4)2-39-69(30,31)32)43-19-16(50-71(36,37)38)14(49-68-62-56-29)13(15(45-19)17(22)23)44-18-8(21-64-58-52-25)12(48-67-61-55-28)10(46-65-59-53-26)6(42-18)3-40-70(33,34)35/h4-16,18-21,24-29H,2-3H2,1H3,(H,22,23)(H,30,31,32)(H,33,34,35)(H,36,37,38)/t4-,5?,6?,7?,8?,9-,10-,11+,12-,13+,14-,15?,16?,18-,19-/m1/s1. The molecule has 52 heteroatoms. The van der Waals surface area contributed by atoms with Crippen molar-refractivity contribution in [3.05, 3.63) is 0 Å². The van der Waals surface area contributed by atoms with E-state index in [2.05, 4.69) is 74.0 Å². The SMILES string of the molecule is C[C@H]1OC(COS(=O)(=O)O)[C@@H](O[C@@H]2OC(C(=O)O)[C@@H](O[C@H]3OC(COS(=O)(=O)O)[C@@H](OSOOO)[C@H](OSOOO)C3NSOOO)[C@@H](OSOOO)C2OS(=O)(=O)O)[C@@H](OSOOO)C1NSOOO. The molecule has 71 heavy (non-hydrogen) atoms. The van der Waals surface area contributed by atoms with Gasteiger partial charge in [0.25, 0.3) is 0 Å². The van der Waals surface area contributed by atoms with Gasteiger partial charge in [-0.25, -0.2) is 58.3 Å². The summed E-state index contributed by atoms with van der Waals surface area (Å²) in [5.41, 5.74) is 0. The molecule has 0 spiro atoms. The van der Waals surface area contributed by atoms with Crippen LogP contribution in [0.15, 0.2) is 0 Å². The predicted molar refractivity (Wildman–Crippen MR) is 208 cm³/mol. The highest BCUT2D eigenvalue weighted by molar-refractivity contribution is 7.93. The number of carbonyl (C=O) groups is 1. The molecular weight excluding hydrogens is 1200 g/mol. The third-order valence-electron chi connectivity index (χ3n) is 8.23. The fraction of sp³-hybridized carbons (Fsp3) is 0.947. The zero-order chi connectivity index (χ0) is 52.8. The van der Waals surface area contributed by atoms with Gasteiger partial charge < -0.3 is 28.8 Å². The zero-order valence-electron chi connectivity index (χ0n) is 33.4. The Morgan fingerprint density at radius 2 is 0.930 bits per heavy atom. The van der Waals surface area contributed by atoms with Gasteiger partial charge in [0.1, 0.15) is 79.3 Å². The lowest BCUT2D eigenvalue weighted by Crippen LogP contribution is -2.69. The smallest absolute Gasteiger partial charge is 0.397 e. The number of hydrogen-bond donors (Lipinski definition) is 12. The van der Waals surface area contributed by atoms with Crippen molar-refractivity contribution < 1.29 is 190 Å². The van der Waals surface area contributed by atoms with E-state index in [0.29, 0.717) is 0 Å². The minimum atomic E-state index is -5.90. The van der Waals surface area contributed by atoms with Crippen molar-refractivity contribution in [1.82, 2.24) is 9.44 Å². The van der Waals surface area contributed by atoms with Crippen LogP contribution in [-0.4, -0.2) is 187 Å². The number of rotatable bonds is 37. The molecule has 0 bridgehead atoms. The molecule has 15 atom stereocenters. The van der Waals surface area contributed by atoms with E-state index in [1.807, 2.05) is 0 Å². The molecule has 420 valence electrons. The van der Waals surface area contributed by atoms with Crippen LogP contribution in [0.4, 0.5) is 0 Å². The summed E-state index contributed by atoms with van der Waals surface area (Å²) in [7, 11) is -16.6. The van der Waals surface area contributed by atoms with Crippen LogP contribution >= 0.6 is 73.8 Å². The van der Waals surface area contributed by atoms with Gasteiger partial charge in [0, 0.05) is 0 Å². The molecule has 0 amide bonds. The first-order chi connectivity index (χ1) is 33.6. The van der Waals surface area contributed by atoms with Crippen LogP contribution in [0.2, 0.25) is 0 Å². The molecule has 3 saturated heterocycles. The van der Waals surface area contributed by atoms with Gasteiger partial charge >= 0.3 is 37.2 Å². The molecule has 6 unspecified atom stereocenters. The minimum Gasteiger partial charge on any atom is -0.479 e. The van der Waals surface area contributed by atoms with Crippen molar-refractivity contribution in [3.8, 4) is 0 Å². The number of carboxylic acids is 1. The largest absolute Gasteiger partial charge is 0.479 e. The van der Waals surface area contributed by atoms with Crippen molar-refractivity contribution in [1.29, 1.82) is 0 Å². The molecule has 3 fully saturated rings. The molecule has 0 aromatic rings. The highest BCUT2D eigenvalue weighted by atomic mass is 32.3. The van der Waals surface area contributed by atoms with Gasteiger partial charge in [-0.15, -0.1) is 26.0 Å². The minimum absolute atomic E-state index is 0.0862. The van der Waals surface area contributed by atoms with Gasteiger partial charge in [0.05, 0.1) is 25.4 Å². The summed E-state index contributed by atoms with van der Waals surface area (Å²) in [5.74, 6) is -2.14. The molecule has 3 heterocycles. The topological polar surface area (TPSA) is 567 Å². The van der Waals surface area contributed by atoms with E-state index in [-0.39, 0.29) is 61.4 Å². The normalized spacial score (nSPS) is 32.0. The molecular formula is C19H34N2O41S9. The van der Waals surface area contributed by atoms with Crippen LogP contribution in [0.25, 0.3) is 0 Å². The molecule has 12 N–H and O–H groups in total. The first kappa shape index (κ1) is 65.3. The molecule has 3 rings (SSSR count). The van der Waals surface area contributed by atoms with E-state index in [4.69, 9.17) is 76.1 Å². The molecule has 0 aromatic carbocycles. The molecule has 0 saturated carbocycles. The lowest BCUT2D eigenvalue weighted by atomic mass is 9.93. The van der Waals surface area contributed by atoms with Crippen LogP contribution < -0.4 is 9.44 Å². The Morgan fingerprint density at radius 3 is 1.38 bits per heavy atom. The quantitative estimate of drug-likeness (QED) is 0.00821. The number of hydrogen-bond acceptors (Lipinski definition) is 45. The molecule has 43 nitrogen and oxygen atoms in total. The Morgan fingerprint density at radius 1 is 0.507 bits per heavy atom. The van der Waals surface area contributed by atoms with Crippen molar-refractivity contribution in [2.45, 2.75) is 98.7 Å². The number of ether oxygens (including phenoxy) is 5. The van der Waals surface area contributed by atoms with Gasteiger partial charge in [0.2, 0.25) is 0 Å². The molecule has 3 aliphatic heterocycles. The second-order valence-corrected chi connectivity index (χ2v) is 18.3. The average Bonchev–Trinajstić information content (AvgIpc) is 3.28. The fourth-order valence-electron chi connectivity index (χ4n) is 5.92. The molecule has 0 radical (unpaired) electrons. The summed E-state index contributed by atoms with van der Waals surface area (Å²) in [6, 6.07) is -3.40. The summed E-state index contributed by atoms with van der Waals surface area (Å²) in [6.07, 6.45) is -28.8. The van der Waals surface area contributed by atoms with Crippen molar-refractivity contribution in [3.63, 3.8) is 0 Å². The number of nitrogens with one attached hydrogen (secondary N) is 2. The number of carboxylic acid groups (broad SMARTS) is 1. The Bertz CT molecular complexity index is 1850. The second kappa shape index (κ2) is 33.3. The van der Waals surface area contributed by atoms with Crippen LogP contribution in [0, 0.1) is 0 Å². The van der Waals surface area contributed by atoms with Gasteiger partial charge in [-0.2, -0.15) is 25.3 Å². The third-order valence-corrected chi connectivity index (χ3v) is 12.2. The molecule has 3 aliphatic rings. The highest BCUT2D eigenvalue weighted by Crippen LogP contribution is 2.40. The van der Waals surface area contributed by atoms with E-state index in [9.17, 15) is 48.8 Å². The highest BCUT2D eigenvalue weighted by Gasteiger charge is 2.59. The fourth-order valence-corrected chi connectivity index (χ4v) is 9.45. The Balaban J connectivity index is 2.28. The maximum atomic E-state index is 13.2. The predicted octanol–water partition coefficient (Wildman–Crippen LogP) is -1.73. The van der Waals surface area contributed by atoms with Crippen molar-refractivity contribution >= 4 is 111 Å². The lowest BCUT2D eigenvalue weighted by molar-refractivity contribution is -0.436. The van der Waals surface area contributed by atoms with E-state index >= 15 is 0 Å². The van der Waals surface area contributed by atoms with Crippen molar-refractivity contribution in [2.24, 2.45) is 0 Å². The van der Waals surface area contributed by atoms with Crippen LogP contribution in [0.5, 0.6) is 0 Å². The summed E-state index contributed by atoms with van der Waals surface area (Å²) in [4.78, 5) is 13.2. The second-order valence-electron chi connectivity index (χ2n) is 12.1. The Kier molecular flexibility index (Phi) is 30.7. The lowest BCUT2D eigenvalue weighted by Gasteiger charge is -2.49. The summed E-state index contributed by atoms with van der Waals surface area (Å²) in [6.45, 7) is -1.34. The first-order valence-electron chi connectivity index (χ1n) is 17.0. The van der Waals surface area contributed by atoms with Crippen LogP contribution in [-0.2, 0) is 145 Å². The Hall–Kier alpha value is 0.0200. The Labute approximate surface area is 420 Å². The first-order valence-corrected chi connectivity index (χ1v) is 25.3. The van der Waals surface area contributed by atoms with Crippen molar-refractivity contribution in [2.75, 3.05) is 13.2 Å². The van der Waals surface area contributed by atoms with Crippen LogP contribution in [0.1, 0.15) is 6.92 Å². The molecule has 0 aliphatic carbocycles. The van der Waals surface area contributed by atoms with E-state index in [1.54, 1.807) is 0 Å². The van der Waals surface area contributed by atoms with E-state index in [1.165, 1.54) is 6.92 Å². The maximum absolute atomic E-state index is 13.2. The van der Waals surface area contributed by atoms with E-state index < -0.39 is 155 Å². The van der Waals surface area contributed by atoms with Gasteiger partial charge in [0.15, 0.2) is 74.1 Å². The third kappa shape index (κ3) is 22.9. The summed E-state index contributed by atoms with van der Waals surface area (Å²) < 4.78 is 195. The summed E-state index contributed by atoms with van der Waals surface area (Å²) in [5, 5.41) is 83.9. The average molecular weight is 1240 g/mol. The van der Waals surface area contributed by atoms with Gasteiger partial charge in [-0.1, -0.05) is 30.2 Å². The van der Waals surface area contributed by atoms with Gasteiger partial charge in [-0.05, 0) is 6.92 Å².